The number of ether oxygens (including phenoxy) is 1. The van der Waals surface area contributed by atoms with E-state index in [0.717, 1.165) is 19.3 Å². The predicted molar refractivity (Wildman–Crippen MR) is 84.6 cm³/mol. The Kier molecular flexibility index (Phi) is 4.84. The Labute approximate surface area is 139 Å². The third kappa shape index (κ3) is 3.45. The first-order valence-electron chi connectivity index (χ1n) is 7.58. The standard InChI is InChI=1S/C15H23BrN2O4/c1-9(19)17-8-12(20)18(14(21)22-15(2,3)4)13-10(16)6-5-7-11(13)17/h10-11,13H,5-8H2,1-4H3/t10-,11+,13+/m1/s1. The molecule has 0 aromatic heterocycles. The third-order valence-electron chi connectivity index (χ3n) is 4.01. The molecule has 1 aliphatic heterocycles. The number of amides is 3. The molecule has 0 bridgehead atoms. The summed E-state index contributed by atoms with van der Waals surface area (Å²) in [5.41, 5.74) is -0.666. The van der Waals surface area contributed by atoms with E-state index in [0.29, 0.717) is 0 Å². The van der Waals surface area contributed by atoms with Crippen LogP contribution in [0.1, 0.15) is 47.0 Å². The number of carbonyl (C=O) groups excluding carboxylic acids is 3. The fraction of sp³-hybridized carbons (Fsp3) is 0.800. The molecule has 0 N–H and O–H groups in total. The Bertz CT molecular complexity index is 488. The number of carbonyl (C=O) groups is 3. The average Bonchev–Trinajstić information content (AvgIpc) is 2.36. The van der Waals surface area contributed by atoms with Crippen LogP contribution < -0.4 is 0 Å². The van der Waals surface area contributed by atoms with E-state index >= 15 is 0 Å². The molecule has 2 rings (SSSR count). The molecule has 1 saturated carbocycles. The highest BCUT2D eigenvalue weighted by molar-refractivity contribution is 9.09. The second kappa shape index (κ2) is 6.18. The Morgan fingerprint density at radius 1 is 1.27 bits per heavy atom. The molecule has 6 nitrogen and oxygen atoms in total. The van der Waals surface area contributed by atoms with Crippen molar-refractivity contribution in [2.45, 2.75) is 69.5 Å². The molecule has 3 atom stereocenters. The van der Waals surface area contributed by atoms with Crippen LogP contribution in [0.3, 0.4) is 0 Å². The molecule has 2 fully saturated rings. The van der Waals surface area contributed by atoms with Crippen molar-refractivity contribution in [1.82, 2.24) is 9.80 Å². The number of piperazine rings is 1. The molecule has 0 spiro atoms. The van der Waals surface area contributed by atoms with Gasteiger partial charge in [0.25, 0.3) is 5.91 Å². The van der Waals surface area contributed by atoms with Gasteiger partial charge in [-0.1, -0.05) is 22.4 Å². The maximum absolute atomic E-state index is 12.5. The minimum Gasteiger partial charge on any atom is -0.443 e. The Hall–Kier alpha value is -1.11. The second-order valence-electron chi connectivity index (χ2n) is 6.90. The van der Waals surface area contributed by atoms with Crippen LogP contribution in [0.15, 0.2) is 0 Å². The number of hydrogen-bond acceptors (Lipinski definition) is 4. The summed E-state index contributed by atoms with van der Waals surface area (Å²) in [6, 6.07) is -0.505. The summed E-state index contributed by atoms with van der Waals surface area (Å²) in [6.45, 7) is 6.71. The average molecular weight is 375 g/mol. The van der Waals surface area contributed by atoms with Crippen molar-refractivity contribution in [3.05, 3.63) is 0 Å². The lowest BCUT2D eigenvalue weighted by Crippen LogP contribution is -2.68. The van der Waals surface area contributed by atoms with Gasteiger partial charge in [0, 0.05) is 11.8 Å². The topological polar surface area (TPSA) is 66.9 Å². The molecule has 0 aromatic rings. The van der Waals surface area contributed by atoms with E-state index in [1.807, 2.05) is 0 Å². The van der Waals surface area contributed by atoms with Crippen molar-refractivity contribution in [1.29, 1.82) is 0 Å². The van der Waals surface area contributed by atoms with Gasteiger partial charge in [0.1, 0.15) is 12.1 Å². The minimum absolute atomic E-state index is 0.0233. The molecule has 124 valence electrons. The summed E-state index contributed by atoms with van der Waals surface area (Å²) >= 11 is 3.58. The van der Waals surface area contributed by atoms with Gasteiger partial charge in [0.15, 0.2) is 0 Å². The van der Waals surface area contributed by atoms with Crippen molar-refractivity contribution >= 4 is 33.8 Å². The summed E-state index contributed by atoms with van der Waals surface area (Å²) in [5.74, 6) is -0.508. The number of alkyl halides is 1. The van der Waals surface area contributed by atoms with E-state index in [2.05, 4.69) is 15.9 Å². The van der Waals surface area contributed by atoms with E-state index in [4.69, 9.17) is 4.74 Å². The van der Waals surface area contributed by atoms with Crippen molar-refractivity contribution in [3.63, 3.8) is 0 Å². The molecule has 0 aromatic carbocycles. The molecule has 3 amide bonds. The fourth-order valence-electron chi connectivity index (χ4n) is 3.16. The number of rotatable bonds is 0. The van der Waals surface area contributed by atoms with Crippen molar-refractivity contribution in [2.75, 3.05) is 6.54 Å². The van der Waals surface area contributed by atoms with Gasteiger partial charge in [-0.25, -0.2) is 9.69 Å². The SMILES string of the molecule is CC(=O)N1CC(=O)N(C(=O)OC(C)(C)C)[C@H]2[C@H](Br)CCC[C@@H]21. The first-order chi connectivity index (χ1) is 10.1. The molecular formula is C15H23BrN2O4. The summed E-state index contributed by atoms with van der Waals surface area (Å²) in [6.07, 6.45) is 1.98. The highest BCUT2D eigenvalue weighted by Crippen LogP contribution is 2.35. The number of fused-ring (bicyclic) bond motifs is 1. The highest BCUT2D eigenvalue weighted by atomic mass is 79.9. The van der Waals surface area contributed by atoms with Crippen LogP contribution in [0.5, 0.6) is 0 Å². The van der Waals surface area contributed by atoms with E-state index in [1.165, 1.54) is 11.8 Å². The minimum atomic E-state index is -0.666. The number of nitrogens with zero attached hydrogens (tertiary/aromatic N) is 2. The third-order valence-corrected chi connectivity index (χ3v) is 5.01. The molecule has 1 heterocycles. The molecule has 1 saturated heterocycles. The summed E-state index contributed by atoms with van der Waals surface area (Å²) in [4.78, 5) is 39.5. The largest absolute Gasteiger partial charge is 0.443 e. The van der Waals surface area contributed by atoms with Gasteiger partial charge in [-0.2, -0.15) is 0 Å². The fourth-order valence-corrected chi connectivity index (χ4v) is 4.08. The van der Waals surface area contributed by atoms with Gasteiger partial charge in [0.05, 0.1) is 12.1 Å². The second-order valence-corrected chi connectivity index (χ2v) is 8.07. The number of hydrogen-bond donors (Lipinski definition) is 0. The monoisotopic (exact) mass is 374 g/mol. The summed E-state index contributed by atoms with van der Waals surface area (Å²) in [7, 11) is 0. The molecule has 0 unspecified atom stereocenters. The van der Waals surface area contributed by atoms with Gasteiger partial charge >= 0.3 is 6.09 Å². The van der Waals surface area contributed by atoms with Gasteiger partial charge in [-0.3, -0.25) is 9.59 Å². The lowest BCUT2D eigenvalue weighted by Gasteiger charge is -2.49. The van der Waals surface area contributed by atoms with E-state index in [1.54, 1.807) is 25.7 Å². The number of halogens is 1. The van der Waals surface area contributed by atoms with Crippen LogP contribution in [-0.4, -0.2) is 56.8 Å². The van der Waals surface area contributed by atoms with Crippen LogP contribution in [0, 0.1) is 0 Å². The lowest BCUT2D eigenvalue weighted by molar-refractivity contribution is -0.152. The molecule has 1 aliphatic carbocycles. The number of imide groups is 1. The van der Waals surface area contributed by atoms with Gasteiger partial charge in [0.2, 0.25) is 5.91 Å². The normalized spacial score (nSPS) is 29.1. The van der Waals surface area contributed by atoms with Crippen LogP contribution >= 0.6 is 15.9 Å². The maximum Gasteiger partial charge on any atom is 0.417 e. The van der Waals surface area contributed by atoms with E-state index in [9.17, 15) is 14.4 Å². The molecule has 22 heavy (non-hydrogen) atoms. The molecule has 0 radical (unpaired) electrons. The van der Waals surface area contributed by atoms with Crippen LogP contribution in [0.25, 0.3) is 0 Å². The van der Waals surface area contributed by atoms with Gasteiger partial charge in [-0.15, -0.1) is 0 Å². The van der Waals surface area contributed by atoms with Crippen molar-refractivity contribution in [2.24, 2.45) is 0 Å². The van der Waals surface area contributed by atoms with Crippen LogP contribution in [-0.2, 0) is 14.3 Å². The summed E-state index contributed by atoms with van der Waals surface area (Å²) < 4.78 is 5.38. The Morgan fingerprint density at radius 2 is 1.91 bits per heavy atom. The predicted octanol–water partition coefficient (Wildman–Crippen LogP) is 2.30. The molecule has 2 aliphatic rings. The zero-order valence-electron chi connectivity index (χ0n) is 13.5. The van der Waals surface area contributed by atoms with Crippen LogP contribution in [0.2, 0.25) is 0 Å². The highest BCUT2D eigenvalue weighted by Gasteiger charge is 2.50. The van der Waals surface area contributed by atoms with Crippen LogP contribution in [0.4, 0.5) is 4.79 Å². The molecular weight excluding hydrogens is 352 g/mol. The molecule has 7 heteroatoms. The van der Waals surface area contributed by atoms with Gasteiger partial charge in [-0.05, 0) is 33.6 Å². The smallest absolute Gasteiger partial charge is 0.417 e. The zero-order valence-corrected chi connectivity index (χ0v) is 15.1. The zero-order chi connectivity index (χ0) is 16.7. The first kappa shape index (κ1) is 17.2. The maximum atomic E-state index is 12.5. The Balaban J connectivity index is 2.31. The van der Waals surface area contributed by atoms with Crippen molar-refractivity contribution < 1.29 is 19.1 Å². The quantitative estimate of drug-likeness (QED) is 0.610. The van der Waals surface area contributed by atoms with Crippen molar-refractivity contribution in [3.8, 4) is 0 Å². The van der Waals surface area contributed by atoms with E-state index < -0.39 is 11.7 Å². The first-order valence-corrected chi connectivity index (χ1v) is 8.49. The lowest BCUT2D eigenvalue weighted by atomic mass is 9.86. The van der Waals surface area contributed by atoms with Gasteiger partial charge < -0.3 is 9.64 Å². The van der Waals surface area contributed by atoms with E-state index in [-0.39, 0.29) is 35.3 Å². The Morgan fingerprint density at radius 3 is 2.45 bits per heavy atom. The summed E-state index contributed by atoms with van der Waals surface area (Å²) in [5, 5.41) is 0.